The molecule has 2 aromatic carbocycles. The Balaban J connectivity index is 2.06. The van der Waals surface area contributed by atoms with Crippen molar-refractivity contribution in [3.8, 4) is 5.75 Å². The molecular weight excluding hydrogens is 253 g/mol. The third-order valence-corrected chi connectivity index (χ3v) is 2.78. The molecule has 4 heteroatoms. The first-order chi connectivity index (χ1) is 8.69. The van der Waals surface area contributed by atoms with Crippen LogP contribution in [-0.2, 0) is 13.2 Å². The Labute approximate surface area is 110 Å². The van der Waals surface area contributed by atoms with Crippen LogP contribution in [0, 0.1) is 5.82 Å². The molecule has 0 radical (unpaired) electrons. The van der Waals surface area contributed by atoms with E-state index in [2.05, 4.69) is 0 Å². The van der Waals surface area contributed by atoms with Gasteiger partial charge in [0.05, 0.1) is 0 Å². The number of hydrogen-bond donors (Lipinski definition) is 1. The molecule has 2 N–H and O–H groups in total. The lowest BCUT2D eigenvalue weighted by atomic mass is 10.1. The summed E-state index contributed by atoms with van der Waals surface area (Å²) < 4.78 is 19.1. The van der Waals surface area contributed by atoms with Crippen molar-refractivity contribution >= 4 is 11.6 Å². The Morgan fingerprint density at radius 2 is 2.00 bits per heavy atom. The van der Waals surface area contributed by atoms with Crippen molar-refractivity contribution in [1.82, 2.24) is 0 Å². The molecule has 2 nitrogen and oxygen atoms in total. The molecular formula is C14H13ClFNO. The molecule has 0 fully saturated rings. The minimum atomic E-state index is -0.306. The van der Waals surface area contributed by atoms with E-state index >= 15 is 0 Å². The van der Waals surface area contributed by atoms with Gasteiger partial charge in [0.1, 0.15) is 18.2 Å². The Morgan fingerprint density at radius 1 is 1.17 bits per heavy atom. The van der Waals surface area contributed by atoms with Crippen molar-refractivity contribution < 1.29 is 9.13 Å². The van der Waals surface area contributed by atoms with Crippen LogP contribution in [0.5, 0.6) is 5.75 Å². The summed E-state index contributed by atoms with van der Waals surface area (Å²) >= 11 is 5.83. The lowest BCUT2D eigenvalue weighted by molar-refractivity contribution is 0.300. The SMILES string of the molecule is NCc1ccc(COc2cccc(Cl)c2)c(F)c1. The molecule has 0 aromatic heterocycles. The summed E-state index contributed by atoms with van der Waals surface area (Å²) in [6.45, 7) is 0.489. The second kappa shape index (κ2) is 5.85. The van der Waals surface area contributed by atoms with Gasteiger partial charge in [-0.3, -0.25) is 0 Å². The highest BCUT2D eigenvalue weighted by Gasteiger charge is 2.04. The van der Waals surface area contributed by atoms with Gasteiger partial charge in [-0.25, -0.2) is 4.39 Å². The topological polar surface area (TPSA) is 35.2 Å². The molecule has 0 aliphatic heterocycles. The van der Waals surface area contributed by atoms with Gasteiger partial charge in [-0.05, 0) is 29.8 Å². The van der Waals surface area contributed by atoms with Crippen LogP contribution in [0.15, 0.2) is 42.5 Å². The number of hydrogen-bond acceptors (Lipinski definition) is 2. The number of halogens is 2. The molecule has 0 aliphatic rings. The summed E-state index contributed by atoms with van der Waals surface area (Å²) in [5, 5.41) is 0.589. The van der Waals surface area contributed by atoms with Crippen LogP contribution in [0.25, 0.3) is 0 Å². The number of ether oxygens (including phenoxy) is 1. The van der Waals surface area contributed by atoms with Crippen molar-refractivity contribution in [2.24, 2.45) is 5.73 Å². The monoisotopic (exact) mass is 265 g/mol. The molecule has 0 atom stereocenters. The van der Waals surface area contributed by atoms with Crippen molar-refractivity contribution in [3.63, 3.8) is 0 Å². The molecule has 0 saturated heterocycles. The van der Waals surface area contributed by atoms with E-state index in [1.165, 1.54) is 6.07 Å². The fraction of sp³-hybridized carbons (Fsp3) is 0.143. The van der Waals surface area contributed by atoms with E-state index in [-0.39, 0.29) is 12.4 Å². The highest BCUT2D eigenvalue weighted by Crippen LogP contribution is 2.19. The minimum Gasteiger partial charge on any atom is -0.489 e. The number of rotatable bonds is 4. The molecule has 94 valence electrons. The average Bonchev–Trinajstić information content (AvgIpc) is 2.37. The zero-order valence-corrected chi connectivity index (χ0v) is 10.5. The molecule has 0 amide bonds. The predicted octanol–water partition coefficient (Wildman–Crippen LogP) is 3.52. The van der Waals surface area contributed by atoms with Gasteiger partial charge in [0.25, 0.3) is 0 Å². The maximum Gasteiger partial charge on any atom is 0.130 e. The van der Waals surface area contributed by atoms with Gasteiger partial charge in [0.15, 0.2) is 0 Å². The van der Waals surface area contributed by atoms with Crippen LogP contribution in [0.2, 0.25) is 5.02 Å². The van der Waals surface area contributed by atoms with Gasteiger partial charge in [-0.15, -0.1) is 0 Å². The second-order valence-corrected chi connectivity index (χ2v) is 4.31. The maximum atomic E-state index is 13.7. The lowest BCUT2D eigenvalue weighted by Crippen LogP contribution is -2.02. The fourth-order valence-electron chi connectivity index (χ4n) is 1.55. The average molecular weight is 266 g/mol. The molecule has 0 heterocycles. The minimum absolute atomic E-state index is 0.164. The van der Waals surface area contributed by atoms with E-state index in [0.29, 0.717) is 22.9 Å². The Kier molecular flexibility index (Phi) is 4.18. The van der Waals surface area contributed by atoms with Crippen molar-refractivity contribution in [2.75, 3.05) is 0 Å². The Bertz CT molecular complexity index is 545. The van der Waals surface area contributed by atoms with E-state index < -0.39 is 0 Å². The van der Waals surface area contributed by atoms with Gasteiger partial charge in [0, 0.05) is 17.1 Å². The van der Waals surface area contributed by atoms with Crippen LogP contribution in [0.3, 0.4) is 0 Å². The summed E-state index contributed by atoms with van der Waals surface area (Å²) in [6, 6.07) is 11.9. The van der Waals surface area contributed by atoms with E-state index in [1.807, 2.05) is 0 Å². The zero-order chi connectivity index (χ0) is 13.0. The maximum absolute atomic E-state index is 13.7. The first kappa shape index (κ1) is 12.9. The molecule has 2 aromatic rings. The summed E-state index contributed by atoms with van der Waals surface area (Å²) in [5.41, 5.74) is 6.69. The van der Waals surface area contributed by atoms with Crippen LogP contribution < -0.4 is 10.5 Å². The van der Waals surface area contributed by atoms with Crippen LogP contribution >= 0.6 is 11.6 Å². The second-order valence-electron chi connectivity index (χ2n) is 3.88. The van der Waals surface area contributed by atoms with Gasteiger partial charge in [-0.1, -0.05) is 29.8 Å². The molecule has 0 aliphatic carbocycles. The van der Waals surface area contributed by atoms with E-state index in [1.54, 1.807) is 36.4 Å². The largest absolute Gasteiger partial charge is 0.489 e. The number of benzene rings is 2. The molecule has 0 spiro atoms. The molecule has 18 heavy (non-hydrogen) atoms. The van der Waals surface area contributed by atoms with Crippen molar-refractivity contribution in [1.29, 1.82) is 0 Å². The van der Waals surface area contributed by atoms with E-state index in [4.69, 9.17) is 22.1 Å². The first-order valence-corrected chi connectivity index (χ1v) is 5.92. The third-order valence-electron chi connectivity index (χ3n) is 2.54. The van der Waals surface area contributed by atoms with Gasteiger partial charge < -0.3 is 10.5 Å². The molecule has 0 saturated carbocycles. The third kappa shape index (κ3) is 3.22. The Morgan fingerprint density at radius 3 is 2.67 bits per heavy atom. The van der Waals surface area contributed by atoms with Gasteiger partial charge >= 0.3 is 0 Å². The van der Waals surface area contributed by atoms with Gasteiger partial charge in [0.2, 0.25) is 0 Å². The van der Waals surface area contributed by atoms with Crippen molar-refractivity contribution in [2.45, 2.75) is 13.2 Å². The zero-order valence-electron chi connectivity index (χ0n) is 9.70. The highest BCUT2D eigenvalue weighted by atomic mass is 35.5. The standard InChI is InChI=1S/C14H13ClFNO/c15-12-2-1-3-13(7-12)18-9-11-5-4-10(8-17)6-14(11)16/h1-7H,8-9,17H2. The molecule has 0 unspecified atom stereocenters. The van der Waals surface area contributed by atoms with Crippen LogP contribution in [0.4, 0.5) is 4.39 Å². The Hall–Kier alpha value is -1.58. The van der Waals surface area contributed by atoms with E-state index in [0.717, 1.165) is 5.56 Å². The molecule has 0 bridgehead atoms. The summed E-state index contributed by atoms with van der Waals surface area (Å²) in [4.78, 5) is 0. The fourth-order valence-corrected chi connectivity index (χ4v) is 1.73. The predicted molar refractivity (Wildman–Crippen MR) is 70.1 cm³/mol. The van der Waals surface area contributed by atoms with Crippen LogP contribution in [0.1, 0.15) is 11.1 Å². The normalized spacial score (nSPS) is 10.4. The van der Waals surface area contributed by atoms with Gasteiger partial charge in [-0.2, -0.15) is 0 Å². The quantitative estimate of drug-likeness (QED) is 0.918. The number of nitrogens with two attached hydrogens (primary N) is 1. The van der Waals surface area contributed by atoms with Crippen molar-refractivity contribution in [3.05, 3.63) is 64.4 Å². The van der Waals surface area contributed by atoms with Crippen LogP contribution in [-0.4, -0.2) is 0 Å². The molecule has 2 rings (SSSR count). The summed E-state index contributed by atoms with van der Waals surface area (Å²) in [7, 11) is 0. The summed E-state index contributed by atoms with van der Waals surface area (Å²) in [5.74, 6) is 0.310. The first-order valence-electron chi connectivity index (χ1n) is 5.55. The highest BCUT2D eigenvalue weighted by molar-refractivity contribution is 6.30. The van der Waals surface area contributed by atoms with E-state index in [9.17, 15) is 4.39 Å². The summed E-state index contributed by atoms with van der Waals surface area (Å²) in [6.07, 6.45) is 0. The lowest BCUT2D eigenvalue weighted by Gasteiger charge is -2.08. The smallest absolute Gasteiger partial charge is 0.130 e.